The number of rotatable bonds is 4. The average Bonchev–Trinajstić information content (AvgIpc) is 3.13. The van der Waals surface area contributed by atoms with Gasteiger partial charge in [-0.15, -0.1) is 11.3 Å². The van der Waals surface area contributed by atoms with E-state index in [1.807, 2.05) is 11.3 Å². The molecule has 0 amide bonds. The third kappa shape index (κ3) is 3.38. The molecule has 0 fully saturated rings. The Bertz CT molecular complexity index is 980. The van der Waals surface area contributed by atoms with Crippen LogP contribution in [0.5, 0.6) is 0 Å². The predicted molar refractivity (Wildman–Crippen MR) is 117 cm³/mol. The molecule has 2 heteroatoms. The molecule has 4 aromatic rings. The maximum Gasteiger partial charge on any atom is 0.100 e. The average molecular weight is 360 g/mol. The highest BCUT2D eigenvalue weighted by molar-refractivity contribution is 7.16. The minimum absolute atomic E-state index is 0. The highest BCUT2D eigenvalue weighted by atomic mass is 32.1. The molecule has 0 N–H and O–H groups in total. The molecule has 26 heavy (non-hydrogen) atoms. The van der Waals surface area contributed by atoms with Crippen LogP contribution in [0.1, 0.15) is 32.1 Å². The summed E-state index contributed by atoms with van der Waals surface area (Å²) in [5, 5.41) is 3.79. The lowest BCUT2D eigenvalue weighted by Crippen LogP contribution is -2.08. The third-order valence-corrected chi connectivity index (χ3v) is 5.79. The van der Waals surface area contributed by atoms with Crippen molar-refractivity contribution in [2.24, 2.45) is 0 Å². The molecular weight excluding hydrogens is 334 g/mol. The Kier molecular flexibility index (Phi) is 5.43. The van der Waals surface area contributed by atoms with E-state index in [4.69, 9.17) is 0 Å². The zero-order chi connectivity index (χ0) is 17.2. The second-order valence-electron chi connectivity index (χ2n) is 6.50. The fourth-order valence-corrected chi connectivity index (χ4v) is 4.18. The van der Waals surface area contributed by atoms with Gasteiger partial charge in [0.2, 0.25) is 0 Å². The summed E-state index contributed by atoms with van der Waals surface area (Å²) < 4.78 is 0. The van der Waals surface area contributed by atoms with E-state index >= 15 is 0 Å². The van der Waals surface area contributed by atoms with Crippen molar-refractivity contribution in [3.8, 4) is 0 Å². The molecule has 0 saturated heterocycles. The summed E-state index contributed by atoms with van der Waals surface area (Å²) in [5.41, 5.74) is 2.41. The molecule has 4 rings (SSSR count). The van der Waals surface area contributed by atoms with Crippen molar-refractivity contribution in [3.63, 3.8) is 0 Å². The van der Waals surface area contributed by atoms with E-state index in [1.165, 1.54) is 32.0 Å². The first-order valence-corrected chi connectivity index (χ1v) is 9.48. The van der Waals surface area contributed by atoms with Crippen LogP contribution in [-0.2, 0) is 0 Å². The molecule has 132 valence electrons. The number of thiophene rings is 1. The number of hydrogen-bond acceptors (Lipinski definition) is 2. The maximum atomic E-state index is 2.37. The van der Waals surface area contributed by atoms with Crippen LogP contribution in [0.25, 0.3) is 10.8 Å². The molecule has 0 aliphatic rings. The molecular formula is C24H25NS. The Hall–Kier alpha value is -2.58. The number of para-hydroxylation sites is 1. The number of benzene rings is 3. The summed E-state index contributed by atoms with van der Waals surface area (Å²) in [4.78, 5) is 3.79. The van der Waals surface area contributed by atoms with E-state index in [2.05, 4.69) is 104 Å². The quantitative estimate of drug-likeness (QED) is 0.355. The van der Waals surface area contributed by atoms with E-state index < -0.39 is 0 Å². The Morgan fingerprint density at radius 2 is 1.42 bits per heavy atom. The van der Waals surface area contributed by atoms with Crippen molar-refractivity contribution >= 4 is 38.5 Å². The van der Waals surface area contributed by atoms with Gasteiger partial charge in [-0.05, 0) is 41.6 Å². The summed E-state index contributed by atoms with van der Waals surface area (Å²) in [6.07, 6.45) is 0. The molecule has 0 spiro atoms. The van der Waals surface area contributed by atoms with Crippen LogP contribution in [0, 0.1) is 0 Å². The minimum atomic E-state index is 0. The molecule has 0 radical (unpaired) electrons. The predicted octanol–water partition coefficient (Wildman–Crippen LogP) is 8.13. The number of hydrogen-bond donors (Lipinski definition) is 0. The van der Waals surface area contributed by atoms with Gasteiger partial charge in [0, 0.05) is 16.0 Å². The topological polar surface area (TPSA) is 3.24 Å². The summed E-state index contributed by atoms with van der Waals surface area (Å²) >= 11 is 1.87. The first kappa shape index (κ1) is 18.2. The van der Waals surface area contributed by atoms with E-state index in [9.17, 15) is 0 Å². The van der Waals surface area contributed by atoms with Crippen LogP contribution < -0.4 is 4.90 Å². The zero-order valence-electron chi connectivity index (χ0n) is 14.5. The van der Waals surface area contributed by atoms with Gasteiger partial charge in [-0.1, -0.05) is 75.9 Å². The van der Waals surface area contributed by atoms with Crippen LogP contribution >= 0.6 is 11.3 Å². The van der Waals surface area contributed by atoms with Crippen LogP contribution in [0.4, 0.5) is 16.4 Å². The van der Waals surface area contributed by atoms with Crippen LogP contribution in [-0.4, -0.2) is 0 Å². The highest BCUT2D eigenvalue weighted by Gasteiger charge is 2.17. The van der Waals surface area contributed by atoms with E-state index in [-0.39, 0.29) is 7.43 Å². The lowest BCUT2D eigenvalue weighted by atomic mass is 10.1. The molecule has 0 bridgehead atoms. The molecule has 0 atom stereocenters. The largest absolute Gasteiger partial charge is 0.301 e. The smallest absolute Gasteiger partial charge is 0.100 e. The summed E-state index contributed by atoms with van der Waals surface area (Å²) in [6.45, 7) is 4.50. The second kappa shape index (κ2) is 7.76. The molecule has 3 aromatic carbocycles. The van der Waals surface area contributed by atoms with Gasteiger partial charge in [-0.25, -0.2) is 0 Å². The van der Waals surface area contributed by atoms with E-state index in [1.54, 1.807) is 0 Å². The summed E-state index contributed by atoms with van der Waals surface area (Å²) in [5.74, 6) is 0.545. The standard InChI is InChI=1S/C23H21NS.CH4/c1-17(2)22-15-16-23(25-22)24(19-11-4-3-5-12-19)21-14-8-10-18-9-6-7-13-20(18)21;/h3-17H,1-2H3;1H4. The van der Waals surface area contributed by atoms with Gasteiger partial charge in [0.25, 0.3) is 0 Å². The number of anilines is 3. The van der Waals surface area contributed by atoms with Crippen molar-refractivity contribution in [2.75, 3.05) is 4.90 Å². The molecule has 1 nitrogen and oxygen atoms in total. The van der Waals surface area contributed by atoms with Gasteiger partial charge in [-0.3, -0.25) is 0 Å². The Labute approximate surface area is 160 Å². The third-order valence-electron chi connectivity index (χ3n) is 4.42. The number of fused-ring (bicyclic) bond motifs is 1. The summed E-state index contributed by atoms with van der Waals surface area (Å²) in [6, 6.07) is 30.3. The monoisotopic (exact) mass is 359 g/mol. The van der Waals surface area contributed by atoms with Crippen LogP contribution in [0.15, 0.2) is 84.9 Å². The van der Waals surface area contributed by atoms with E-state index in [0.29, 0.717) is 5.92 Å². The number of nitrogens with zero attached hydrogens (tertiary/aromatic N) is 1. The molecule has 0 aliphatic carbocycles. The molecule has 1 heterocycles. The zero-order valence-corrected chi connectivity index (χ0v) is 15.3. The Balaban J connectivity index is 0.00000196. The van der Waals surface area contributed by atoms with Crippen molar-refractivity contribution in [1.82, 2.24) is 0 Å². The molecule has 0 aliphatic heterocycles. The van der Waals surface area contributed by atoms with Gasteiger partial charge in [0.05, 0.1) is 5.69 Å². The molecule has 0 saturated carbocycles. The van der Waals surface area contributed by atoms with Crippen molar-refractivity contribution < 1.29 is 0 Å². The van der Waals surface area contributed by atoms with Gasteiger partial charge in [0.1, 0.15) is 5.00 Å². The van der Waals surface area contributed by atoms with Gasteiger partial charge in [-0.2, -0.15) is 0 Å². The normalized spacial score (nSPS) is 10.7. The lowest BCUT2D eigenvalue weighted by molar-refractivity contribution is 0.890. The van der Waals surface area contributed by atoms with Crippen LogP contribution in [0.3, 0.4) is 0 Å². The van der Waals surface area contributed by atoms with Crippen molar-refractivity contribution in [3.05, 3.63) is 89.8 Å². The fraction of sp³-hybridized carbons (Fsp3) is 0.167. The van der Waals surface area contributed by atoms with E-state index in [0.717, 1.165) is 0 Å². The van der Waals surface area contributed by atoms with Crippen molar-refractivity contribution in [2.45, 2.75) is 27.2 Å². The fourth-order valence-electron chi connectivity index (χ4n) is 3.14. The molecule has 1 aromatic heterocycles. The first-order valence-electron chi connectivity index (χ1n) is 8.67. The van der Waals surface area contributed by atoms with Crippen molar-refractivity contribution in [1.29, 1.82) is 0 Å². The van der Waals surface area contributed by atoms with Gasteiger partial charge < -0.3 is 4.90 Å². The Morgan fingerprint density at radius 1 is 0.731 bits per heavy atom. The summed E-state index contributed by atoms with van der Waals surface area (Å²) in [7, 11) is 0. The Morgan fingerprint density at radius 3 is 2.15 bits per heavy atom. The lowest BCUT2D eigenvalue weighted by Gasteiger charge is -2.25. The maximum absolute atomic E-state index is 2.37. The first-order chi connectivity index (χ1) is 12.2. The second-order valence-corrected chi connectivity index (χ2v) is 7.59. The van der Waals surface area contributed by atoms with Crippen LogP contribution in [0.2, 0.25) is 0 Å². The minimum Gasteiger partial charge on any atom is -0.301 e. The van der Waals surface area contributed by atoms with Gasteiger partial charge >= 0.3 is 0 Å². The molecule has 0 unspecified atom stereocenters. The highest BCUT2D eigenvalue weighted by Crippen LogP contribution is 2.42. The van der Waals surface area contributed by atoms with Gasteiger partial charge in [0.15, 0.2) is 0 Å². The SMILES string of the molecule is C.CC(C)c1ccc(N(c2ccccc2)c2cccc3ccccc23)s1.